The van der Waals surface area contributed by atoms with Gasteiger partial charge in [0.15, 0.2) is 0 Å². The van der Waals surface area contributed by atoms with Gasteiger partial charge in [-0.1, -0.05) is 42.5 Å². The molecule has 1 N–H and O–H groups in total. The Morgan fingerprint density at radius 3 is 2.41 bits per heavy atom. The van der Waals surface area contributed by atoms with Crippen LogP contribution in [0.2, 0.25) is 0 Å². The fraction of sp³-hybridized carbons (Fsp3) is 0.160. The van der Waals surface area contributed by atoms with Gasteiger partial charge in [-0.15, -0.1) is 6.58 Å². The fourth-order valence-electron chi connectivity index (χ4n) is 3.19. The summed E-state index contributed by atoms with van der Waals surface area (Å²) in [5, 5.41) is 2.85. The molecule has 0 spiro atoms. The van der Waals surface area contributed by atoms with Gasteiger partial charge in [0, 0.05) is 12.1 Å². The van der Waals surface area contributed by atoms with E-state index in [2.05, 4.69) is 11.9 Å². The lowest BCUT2D eigenvalue weighted by Crippen LogP contribution is -2.31. The molecular weight excluding hydrogens is 424 g/mol. The zero-order valence-corrected chi connectivity index (χ0v) is 18.7. The van der Waals surface area contributed by atoms with E-state index in [1.165, 1.54) is 22.5 Å². The Morgan fingerprint density at radius 2 is 1.75 bits per heavy atom. The van der Waals surface area contributed by atoms with Crippen LogP contribution >= 0.6 is 0 Å². The molecule has 3 aromatic carbocycles. The van der Waals surface area contributed by atoms with Crippen LogP contribution in [0.15, 0.2) is 96.4 Å². The second-order valence-corrected chi connectivity index (χ2v) is 8.90. The molecule has 0 saturated carbocycles. The number of nitrogens with one attached hydrogen (secondary N) is 1. The zero-order chi connectivity index (χ0) is 23.0. The molecule has 32 heavy (non-hydrogen) atoms. The second-order valence-electron chi connectivity index (χ2n) is 7.04. The van der Waals surface area contributed by atoms with Gasteiger partial charge in [0.2, 0.25) is 0 Å². The Bertz CT molecular complexity index is 1160. The van der Waals surface area contributed by atoms with Crippen LogP contribution in [0, 0.1) is 0 Å². The number of sulfonamides is 1. The lowest BCUT2D eigenvalue weighted by Gasteiger charge is -2.23. The number of hydrogen-bond acceptors (Lipinski definition) is 4. The summed E-state index contributed by atoms with van der Waals surface area (Å²) in [6.45, 7) is 4.21. The maximum atomic E-state index is 13.3. The lowest BCUT2D eigenvalue weighted by atomic mass is 10.1. The van der Waals surface area contributed by atoms with Crippen LogP contribution in [0.3, 0.4) is 0 Å². The van der Waals surface area contributed by atoms with Gasteiger partial charge in [-0.2, -0.15) is 0 Å². The molecule has 0 saturated heterocycles. The van der Waals surface area contributed by atoms with E-state index >= 15 is 0 Å². The molecule has 0 unspecified atom stereocenters. The zero-order valence-electron chi connectivity index (χ0n) is 17.9. The summed E-state index contributed by atoms with van der Waals surface area (Å²) >= 11 is 0. The Morgan fingerprint density at radius 1 is 1.03 bits per heavy atom. The lowest BCUT2D eigenvalue weighted by molar-refractivity contribution is 0.0954. The second kappa shape index (κ2) is 10.6. The van der Waals surface area contributed by atoms with Crippen LogP contribution < -0.4 is 14.4 Å². The number of para-hydroxylation sites is 1. The van der Waals surface area contributed by atoms with E-state index in [-0.39, 0.29) is 22.9 Å². The minimum Gasteiger partial charge on any atom is -0.497 e. The number of amides is 1. The molecule has 0 aliphatic rings. The van der Waals surface area contributed by atoms with E-state index in [0.717, 1.165) is 11.3 Å². The number of carbonyl (C=O) groups excluding carboxylic acids is 1. The monoisotopic (exact) mass is 450 g/mol. The summed E-state index contributed by atoms with van der Waals surface area (Å²) in [6, 6.07) is 22.5. The van der Waals surface area contributed by atoms with Crippen molar-refractivity contribution >= 4 is 21.6 Å². The smallest absolute Gasteiger partial charge is 0.264 e. The van der Waals surface area contributed by atoms with E-state index in [4.69, 9.17) is 4.74 Å². The standard InChI is InChI=1S/C25H26N2O4S/c1-3-18-27(22-9-5-4-6-10-22)32(29,30)24-11-7-8-21(19-24)25(28)26-17-16-20-12-14-23(31-2)15-13-20/h3-15,19H,1,16-18H2,2H3,(H,26,28). The average molecular weight is 451 g/mol. The van der Waals surface area contributed by atoms with Crippen LogP contribution in [0.5, 0.6) is 5.75 Å². The van der Waals surface area contributed by atoms with E-state index < -0.39 is 10.0 Å². The Kier molecular flexibility index (Phi) is 7.68. The predicted molar refractivity (Wildman–Crippen MR) is 127 cm³/mol. The summed E-state index contributed by atoms with van der Waals surface area (Å²) < 4.78 is 33.0. The van der Waals surface area contributed by atoms with Crippen molar-refractivity contribution in [2.75, 3.05) is 24.5 Å². The van der Waals surface area contributed by atoms with Gasteiger partial charge < -0.3 is 10.1 Å². The molecule has 3 rings (SSSR count). The highest BCUT2D eigenvalue weighted by atomic mass is 32.2. The van der Waals surface area contributed by atoms with Crippen LogP contribution in [-0.4, -0.2) is 34.5 Å². The van der Waals surface area contributed by atoms with Crippen LogP contribution in [0.4, 0.5) is 5.69 Å². The number of rotatable bonds is 10. The van der Waals surface area contributed by atoms with Crippen molar-refractivity contribution in [2.24, 2.45) is 0 Å². The third kappa shape index (κ3) is 5.56. The first-order valence-electron chi connectivity index (χ1n) is 10.2. The molecule has 0 aliphatic heterocycles. The molecule has 0 heterocycles. The third-order valence-electron chi connectivity index (χ3n) is 4.88. The van der Waals surface area contributed by atoms with E-state index in [9.17, 15) is 13.2 Å². The largest absolute Gasteiger partial charge is 0.497 e. The molecule has 0 aromatic heterocycles. The van der Waals surface area contributed by atoms with E-state index in [0.29, 0.717) is 18.7 Å². The Hall–Kier alpha value is -3.58. The molecular formula is C25H26N2O4S. The number of carbonyl (C=O) groups is 1. The first kappa shape index (κ1) is 23.1. The van der Waals surface area contributed by atoms with Crippen molar-refractivity contribution in [3.63, 3.8) is 0 Å². The fourth-order valence-corrected chi connectivity index (χ4v) is 4.68. The Balaban J connectivity index is 1.72. The van der Waals surface area contributed by atoms with Crippen LogP contribution in [-0.2, 0) is 16.4 Å². The first-order valence-corrected chi connectivity index (χ1v) is 11.6. The number of nitrogens with zero attached hydrogens (tertiary/aromatic N) is 1. The maximum absolute atomic E-state index is 13.3. The summed E-state index contributed by atoms with van der Waals surface area (Å²) in [7, 11) is -2.26. The van der Waals surface area contributed by atoms with E-state index in [1.807, 2.05) is 30.3 Å². The number of methoxy groups -OCH3 is 1. The molecule has 0 aliphatic carbocycles. The van der Waals surface area contributed by atoms with Gasteiger partial charge in [-0.05, 0) is 54.4 Å². The summed E-state index contributed by atoms with van der Waals surface area (Å²) in [5.41, 5.74) is 1.87. The first-order chi connectivity index (χ1) is 15.5. The highest BCUT2D eigenvalue weighted by molar-refractivity contribution is 7.92. The van der Waals surface area contributed by atoms with Crippen molar-refractivity contribution in [3.8, 4) is 5.75 Å². The summed E-state index contributed by atoms with van der Waals surface area (Å²) in [4.78, 5) is 12.7. The molecule has 6 nitrogen and oxygen atoms in total. The summed E-state index contributed by atoms with van der Waals surface area (Å²) in [6.07, 6.45) is 2.18. The molecule has 3 aromatic rings. The quantitative estimate of drug-likeness (QED) is 0.473. The predicted octanol–water partition coefficient (Wildman–Crippen LogP) is 4.05. The molecule has 166 valence electrons. The normalized spacial score (nSPS) is 10.9. The minimum atomic E-state index is -3.87. The van der Waals surface area contributed by atoms with E-state index in [1.54, 1.807) is 43.5 Å². The number of hydrogen-bond donors (Lipinski definition) is 1. The number of benzene rings is 3. The highest BCUT2D eigenvalue weighted by Gasteiger charge is 2.24. The van der Waals surface area contributed by atoms with Crippen molar-refractivity contribution in [2.45, 2.75) is 11.3 Å². The molecule has 0 bridgehead atoms. The molecule has 1 amide bonds. The minimum absolute atomic E-state index is 0.0472. The number of anilines is 1. The topological polar surface area (TPSA) is 75.7 Å². The van der Waals surface area contributed by atoms with Gasteiger partial charge in [-0.25, -0.2) is 8.42 Å². The van der Waals surface area contributed by atoms with Crippen LogP contribution in [0.1, 0.15) is 15.9 Å². The third-order valence-corrected chi connectivity index (χ3v) is 6.67. The molecule has 7 heteroatoms. The molecule has 0 fully saturated rings. The maximum Gasteiger partial charge on any atom is 0.264 e. The van der Waals surface area contributed by atoms with Crippen LogP contribution in [0.25, 0.3) is 0 Å². The van der Waals surface area contributed by atoms with Gasteiger partial charge >= 0.3 is 0 Å². The molecule has 0 radical (unpaired) electrons. The highest BCUT2D eigenvalue weighted by Crippen LogP contribution is 2.24. The van der Waals surface area contributed by atoms with Crippen molar-refractivity contribution in [1.82, 2.24) is 5.32 Å². The summed E-state index contributed by atoms with van der Waals surface area (Å²) in [5.74, 6) is 0.447. The Labute approximate surface area is 189 Å². The van der Waals surface area contributed by atoms with Crippen molar-refractivity contribution in [1.29, 1.82) is 0 Å². The van der Waals surface area contributed by atoms with Crippen molar-refractivity contribution < 1.29 is 17.9 Å². The SMILES string of the molecule is C=CCN(c1ccccc1)S(=O)(=O)c1cccc(C(=O)NCCc2ccc(OC)cc2)c1. The average Bonchev–Trinajstić information content (AvgIpc) is 2.83. The van der Waals surface area contributed by atoms with Gasteiger partial charge in [0.1, 0.15) is 5.75 Å². The van der Waals surface area contributed by atoms with Crippen molar-refractivity contribution in [3.05, 3.63) is 103 Å². The van der Waals surface area contributed by atoms with Gasteiger partial charge in [0.25, 0.3) is 15.9 Å². The van der Waals surface area contributed by atoms with Gasteiger partial charge in [-0.3, -0.25) is 9.10 Å². The van der Waals surface area contributed by atoms with Gasteiger partial charge in [0.05, 0.1) is 24.2 Å². The molecule has 0 atom stereocenters. The number of ether oxygens (including phenoxy) is 1.